The van der Waals surface area contributed by atoms with Gasteiger partial charge in [0.1, 0.15) is 5.41 Å². The average molecular weight is 522 g/mol. The molecule has 1 aliphatic carbocycles. The van der Waals surface area contributed by atoms with Gasteiger partial charge in [-0.25, -0.2) is 4.79 Å². The fourth-order valence-electron chi connectivity index (χ4n) is 4.70. The van der Waals surface area contributed by atoms with Crippen LogP contribution in [0.2, 0.25) is 0 Å². The fourth-order valence-corrected chi connectivity index (χ4v) is 5.82. The standard InChI is InChI=1S/C21H18Br2N2O4/c22-16-7-3-1-5-12(16)14-9-11(26)10-15(13-6-2-4-8-17(13)23)21(14)18(27)24-20(29)25-19(21)28/h1-8,11,14-15,26H,9-10H2,(H2,24,25,27,28,29). The van der Waals surface area contributed by atoms with Crippen LogP contribution >= 0.6 is 31.9 Å². The molecule has 0 aromatic heterocycles. The van der Waals surface area contributed by atoms with Crippen molar-refractivity contribution in [2.45, 2.75) is 30.8 Å². The van der Waals surface area contributed by atoms with Gasteiger partial charge >= 0.3 is 6.03 Å². The molecule has 2 aromatic carbocycles. The number of benzene rings is 2. The molecule has 2 atom stereocenters. The highest BCUT2D eigenvalue weighted by atomic mass is 79.9. The van der Waals surface area contributed by atoms with Gasteiger partial charge in [0.2, 0.25) is 11.8 Å². The van der Waals surface area contributed by atoms with Crippen LogP contribution in [-0.4, -0.2) is 29.1 Å². The van der Waals surface area contributed by atoms with Crippen LogP contribution in [0.1, 0.15) is 35.8 Å². The van der Waals surface area contributed by atoms with Gasteiger partial charge in [-0.1, -0.05) is 68.3 Å². The van der Waals surface area contributed by atoms with Gasteiger partial charge in [0.05, 0.1) is 6.10 Å². The third-order valence-corrected chi connectivity index (χ3v) is 7.33. The predicted molar refractivity (Wildman–Crippen MR) is 113 cm³/mol. The summed E-state index contributed by atoms with van der Waals surface area (Å²) in [4.78, 5) is 38.6. The second-order valence-electron chi connectivity index (χ2n) is 7.38. The Morgan fingerprint density at radius 1 is 0.793 bits per heavy atom. The molecule has 1 heterocycles. The molecular formula is C21H18Br2N2O4. The number of carbonyl (C=O) groups is 3. The maximum atomic E-state index is 13.4. The Bertz CT molecular complexity index is 932. The molecule has 4 amide bonds. The van der Waals surface area contributed by atoms with Crippen LogP contribution in [0.15, 0.2) is 57.5 Å². The van der Waals surface area contributed by atoms with E-state index in [1.54, 1.807) is 0 Å². The Labute approximate surface area is 184 Å². The van der Waals surface area contributed by atoms with Crippen LogP contribution in [0.3, 0.4) is 0 Å². The van der Waals surface area contributed by atoms with E-state index in [9.17, 15) is 19.5 Å². The summed E-state index contributed by atoms with van der Waals surface area (Å²) in [6.07, 6.45) is -0.273. The molecule has 150 valence electrons. The third kappa shape index (κ3) is 3.23. The molecule has 6 nitrogen and oxygen atoms in total. The summed E-state index contributed by atoms with van der Waals surface area (Å²) in [7, 11) is 0. The first-order chi connectivity index (χ1) is 13.9. The summed E-state index contributed by atoms with van der Waals surface area (Å²) in [5.74, 6) is -2.54. The molecule has 0 radical (unpaired) electrons. The molecule has 2 fully saturated rings. The van der Waals surface area contributed by atoms with Gasteiger partial charge in [-0.2, -0.15) is 0 Å². The quantitative estimate of drug-likeness (QED) is 0.526. The summed E-state index contributed by atoms with van der Waals surface area (Å²) >= 11 is 7.05. The summed E-state index contributed by atoms with van der Waals surface area (Å²) < 4.78 is 1.48. The first kappa shape index (κ1) is 20.3. The molecule has 0 bridgehead atoms. The lowest BCUT2D eigenvalue weighted by Gasteiger charge is -2.50. The topological polar surface area (TPSA) is 95.5 Å². The van der Waals surface area contributed by atoms with Gasteiger partial charge in [-0.3, -0.25) is 20.2 Å². The molecule has 2 aromatic rings. The molecule has 3 N–H and O–H groups in total. The molecule has 29 heavy (non-hydrogen) atoms. The van der Waals surface area contributed by atoms with Crippen LogP contribution in [0.25, 0.3) is 0 Å². The summed E-state index contributed by atoms with van der Waals surface area (Å²) in [6, 6.07) is 13.9. The highest BCUT2D eigenvalue weighted by Gasteiger charge is 2.63. The minimum Gasteiger partial charge on any atom is -0.393 e. The van der Waals surface area contributed by atoms with Gasteiger partial charge < -0.3 is 5.11 Å². The van der Waals surface area contributed by atoms with E-state index in [2.05, 4.69) is 42.5 Å². The number of nitrogens with one attached hydrogen (secondary N) is 2. The van der Waals surface area contributed by atoms with Gasteiger partial charge in [-0.05, 0) is 36.1 Å². The minimum atomic E-state index is -1.58. The Balaban J connectivity index is 1.99. The molecule has 4 rings (SSSR count). The first-order valence-corrected chi connectivity index (χ1v) is 10.8. The zero-order valence-electron chi connectivity index (χ0n) is 15.2. The Morgan fingerprint density at radius 3 is 1.62 bits per heavy atom. The molecule has 8 heteroatoms. The number of imide groups is 2. The van der Waals surface area contributed by atoms with Crippen LogP contribution in [-0.2, 0) is 9.59 Å². The van der Waals surface area contributed by atoms with Crippen molar-refractivity contribution in [1.82, 2.24) is 10.6 Å². The SMILES string of the molecule is O=C1NC(=O)C2(C(=O)N1)C(c1ccccc1Br)CC(O)CC2c1ccccc1Br. The summed E-state index contributed by atoms with van der Waals surface area (Å²) in [5, 5.41) is 15.3. The number of amides is 4. The van der Waals surface area contributed by atoms with E-state index in [4.69, 9.17) is 0 Å². The second kappa shape index (κ2) is 7.66. The Kier molecular flexibility index (Phi) is 5.35. The molecular weight excluding hydrogens is 504 g/mol. The molecule has 1 saturated heterocycles. The van der Waals surface area contributed by atoms with Gasteiger partial charge in [-0.15, -0.1) is 0 Å². The predicted octanol–water partition coefficient (Wildman–Crippen LogP) is 3.59. The monoisotopic (exact) mass is 520 g/mol. The Hall–Kier alpha value is -2.03. The van der Waals surface area contributed by atoms with Gasteiger partial charge in [0.25, 0.3) is 0 Å². The number of urea groups is 1. The van der Waals surface area contributed by atoms with E-state index in [0.717, 1.165) is 20.1 Å². The second-order valence-corrected chi connectivity index (χ2v) is 9.09. The number of hydrogen-bond donors (Lipinski definition) is 3. The Morgan fingerprint density at radius 2 is 1.21 bits per heavy atom. The zero-order chi connectivity index (χ0) is 20.8. The highest BCUT2D eigenvalue weighted by molar-refractivity contribution is 9.10. The number of aliphatic hydroxyl groups is 1. The van der Waals surface area contributed by atoms with E-state index in [1.165, 1.54) is 0 Å². The van der Waals surface area contributed by atoms with Crippen molar-refractivity contribution >= 4 is 49.7 Å². The minimum absolute atomic E-state index is 0.221. The first-order valence-electron chi connectivity index (χ1n) is 9.19. The van der Waals surface area contributed by atoms with E-state index in [0.29, 0.717) is 0 Å². The molecule has 2 aliphatic rings. The number of hydrogen-bond acceptors (Lipinski definition) is 4. The third-order valence-electron chi connectivity index (χ3n) is 5.88. The number of rotatable bonds is 2. The van der Waals surface area contributed by atoms with E-state index in [1.807, 2.05) is 48.5 Å². The number of aliphatic hydroxyl groups excluding tert-OH is 1. The van der Waals surface area contributed by atoms with Crippen molar-refractivity contribution in [1.29, 1.82) is 0 Å². The fraction of sp³-hybridized carbons (Fsp3) is 0.286. The zero-order valence-corrected chi connectivity index (χ0v) is 18.4. The largest absolute Gasteiger partial charge is 0.393 e. The summed E-state index contributed by atoms with van der Waals surface area (Å²) in [6.45, 7) is 0. The van der Waals surface area contributed by atoms with E-state index >= 15 is 0 Å². The van der Waals surface area contributed by atoms with Crippen molar-refractivity contribution in [2.24, 2.45) is 5.41 Å². The highest BCUT2D eigenvalue weighted by Crippen LogP contribution is 2.57. The molecule has 1 aliphatic heterocycles. The lowest BCUT2D eigenvalue weighted by molar-refractivity contribution is -0.152. The maximum Gasteiger partial charge on any atom is 0.328 e. The van der Waals surface area contributed by atoms with Crippen molar-refractivity contribution in [2.75, 3.05) is 0 Å². The van der Waals surface area contributed by atoms with Crippen molar-refractivity contribution < 1.29 is 19.5 Å². The van der Waals surface area contributed by atoms with Crippen LogP contribution in [0.5, 0.6) is 0 Å². The lowest BCUT2D eigenvalue weighted by Crippen LogP contribution is -2.68. The van der Waals surface area contributed by atoms with Crippen LogP contribution in [0.4, 0.5) is 4.79 Å². The van der Waals surface area contributed by atoms with Crippen LogP contribution < -0.4 is 10.6 Å². The lowest BCUT2D eigenvalue weighted by atomic mass is 9.54. The number of carbonyl (C=O) groups excluding carboxylic acids is 3. The summed E-state index contributed by atoms with van der Waals surface area (Å²) in [5.41, 5.74) is -0.105. The smallest absolute Gasteiger partial charge is 0.328 e. The van der Waals surface area contributed by atoms with E-state index < -0.39 is 41.2 Å². The van der Waals surface area contributed by atoms with Gasteiger partial charge in [0.15, 0.2) is 0 Å². The van der Waals surface area contributed by atoms with Crippen LogP contribution in [0, 0.1) is 5.41 Å². The number of halogens is 2. The molecule has 1 spiro atoms. The van der Waals surface area contributed by atoms with Crippen molar-refractivity contribution in [3.05, 3.63) is 68.6 Å². The maximum absolute atomic E-state index is 13.4. The van der Waals surface area contributed by atoms with E-state index in [-0.39, 0.29) is 12.8 Å². The molecule has 1 saturated carbocycles. The molecule has 2 unspecified atom stereocenters. The normalized spacial score (nSPS) is 26.2. The van der Waals surface area contributed by atoms with Crippen molar-refractivity contribution in [3.8, 4) is 0 Å². The number of barbiturate groups is 1. The van der Waals surface area contributed by atoms with Crippen molar-refractivity contribution in [3.63, 3.8) is 0 Å². The van der Waals surface area contributed by atoms with Gasteiger partial charge in [0, 0.05) is 20.8 Å². The average Bonchev–Trinajstić information content (AvgIpc) is 2.67.